The van der Waals surface area contributed by atoms with E-state index in [1.54, 1.807) is 36.0 Å². The van der Waals surface area contributed by atoms with Crippen molar-refractivity contribution in [3.05, 3.63) is 29.8 Å². The van der Waals surface area contributed by atoms with Gasteiger partial charge in [-0.3, -0.25) is 10.2 Å². The van der Waals surface area contributed by atoms with Gasteiger partial charge in [-0.2, -0.15) is 11.8 Å². The number of hydrogen-bond donors (Lipinski definition) is 2. The number of carbonyl (C=O) groups is 1. The van der Waals surface area contributed by atoms with Gasteiger partial charge in [0.15, 0.2) is 0 Å². The SMILES string of the molecule is CSCCOc1ccc(C(=O)NN)cc1. The maximum Gasteiger partial charge on any atom is 0.265 e. The number of rotatable bonds is 5. The monoisotopic (exact) mass is 226 g/mol. The lowest BCUT2D eigenvalue weighted by Gasteiger charge is -2.05. The van der Waals surface area contributed by atoms with Gasteiger partial charge in [0.1, 0.15) is 5.75 Å². The minimum Gasteiger partial charge on any atom is -0.493 e. The Balaban J connectivity index is 2.52. The van der Waals surface area contributed by atoms with Gasteiger partial charge in [0.2, 0.25) is 0 Å². The molecular formula is C10H14N2O2S. The van der Waals surface area contributed by atoms with Crippen molar-refractivity contribution in [3.63, 3.8) is 0 Å². The normalized spacial score (nSPS) is 9.73. The van der Waals surface area contributed by atoms with Crippen LogP contribution >= 0.6 is 11.8 Å². The number of nitrogen functional groups attached to an aromatic ring is 1. The van der Waals surface area contributed by atoms with Crippen molar-refractivity contribution in [2.75, 3.05) is 18.6 Å². The van der Waals surface area contributed by atoms with Crippen LogP contribution in [-0.4, -0.2) is 24.5 Å². The molecule has 1 aromatic rings. The largest absolute Gasteiger partial charge is 0.493 e. The molecule has 3 N–H and O–H groups in total. The first-order valence-corrected chi connectivity index (χ1v) is 5.90. The van der Waals surface area contributed by atoms with Crippen LogP contribution in [0.2, 0.25) is 0 Å². The highest BCUT2D eigenvalue weighted by atomic mass is 32.2. The van der Waals surface area contributed by atoms with Gasteiger partial charge in [-0.15, -0.1) is 0 Å². The number of ether oxygens (including phenoxy) is 1. The zero-order chi connectivity index (χ0) is 11.1. The summed E-state index contributed by atoms with van der Waals surface area (Å²) in [5.74, 6) is 6.42. The number of carbonyl (C=O) groups excluding carboxylic acids is 1. The molecule has 0 heterocycles. The molecule has 0 unspecified atom stereocenters. The Hall–Kier alpha value is -1.20. The van der Waals surface area contributed by atoms with Crippen LogP contribution in [-0.2, 0) is 0 Å². The molecule has 0 aromatic heterocycles. The molecule has 1 amide bonds. The Bertz CT molecular complexity index is 314. The van der Waals surface area contributed by atoms with E-state index in [-0.39, 0.29) is 5.91 Å². The Morgan fingerprint density at radius 2 is 2.13 bits per heavy atom. The van der Waals surface area contributed by atoms with Gasteiger partial charge in [0.25, 0.3) is 5.91 Å². The molecular weight excluding hydrogens is 212 g/mol. The lowest BCUT2D eigenvalue weighted by Crippen LogP contribution is -2.29. The molecule has 0 aliphatic heterocycles. The summed E-state index contributed by atoms with van der Waals surface area (Å²) >= 11 is 1.73. The number of hydrazine groups is 1. The number of thioether (sulfide) groups is 1. The topological polar surface area (TPSA) is 64.3 Å². The van der Waals surface area contributed by atoms with Crippen molar-refractivity contribution >= 4 is 17.7 Å². The minimum atomic E-state index is -0.300. The molecule has 82 valence electrons. The molecule has 0 saturated heterocycles. The van der Waals surface area contributed by atoms with Crippen molar-refractivity contribution in [3.8, 4) is 5.75 Å². The van der Waals surface area contributed by atoms with Gasteiger partial charge in [-0.1, -0.05) is 0 Å². The van der Waals surface area contributed by atoms with Crippen molar-refractivity contribution in [2.45, 2.75) is 0 Å². The van der Waals surface area contributed by atoms with Gasteiger partial charge in [-0.25, -0.2) is 5.84 Å². The average Bonchev–Trinajstić information content (AvgIpc) is 2.29. The lowest BCUT2D eigenvalue weighted by molar-refractivity contribution is 0.0953. The van der Waals surface area contributed by atoms with E-state index in [0.717, 1.165) is 11.5 Å². The van der Waals surface area contributed by atoms with Gasteiger partial charge in [-0.05, 0) is 30.5 Å². The second-order valence-electron chi connectivity index (χ2n) is 2.84. The summed E-state index contributed by atoms with van der Waals surface area (Å²) in [6.45, 7) is 0.670. The molecule has 0 aliphatic rings. The van der Waals surface area contributed by atoms with Gasteiger partial charge >= 0.3 is 0 Å². The van der Waals surface area contributed by atoms with E-state index >= 15 is 0 Å². The molecule has 1 rings (SSSR count). The van der Waals surface area contributed by atoms with Crippen LogP contribution in [0.15, 0.2) is 24.3 Å². The Labute approximate surface area is 93.1 Å². The quantitative estimate of drug-likeness (QED) is 0.341. The standard InChI is InChI=1S/C10H14N2O2S/c1-15-7-6-14-9-4-2-8(3-5-9)10(13)12-11/h2-5H,6-7,11H2,1H3,(H,12,13). The van der Waals surface area contributed by atoms with E-state index in [1.165, 1.54) is 0 Å². The highest BCUT2D eigenvalue weighted by Gasteiger charge is 2.02. The van der Waals surface area contributed by atoms with Gasteiger partial charge in [0.05, 0.1) is 6.61 Å². The number of nitrogens with two attached hydrogens (primary N) is 1. The van der Waals surface area contributed by atoms with Crippen molar-refractivity contribution in [2.24, 2.45) is 5.84 Å². The van der Waals surface area contributed by atoms with Crippen LogP contribution in [0.5, 0.6) is 5.75 Å². The first kappa shape index (κ1) is 11.9. The molecule has 15 heavy (non-hydrogen) atoms. The first-order chi connectivity index (χ1) is 7.27. The van der Waals surface area contributed by atoms with Crippen LogP contribution in [0.25, 0.3) is 0 Å². The summed E-state index contributed by atoms with van der Waals surface area (Å²) in [6, 6.07) is 6.86. The fourth-order valence-electron chi connectivity index (χ4n) is 1.03. The van der Waals surface area contributed by atoms with Crippen LogP contribution in [0.3, 0.4) is 0 Å². The summed E-state index contributed by atoms with van der Waals surface area (Å²) in [6.07, 6.45) is 2.03. The van der Waals surface area contributed by atoms with Crippen molar-refractivity contribution in [1.82, 2.24) is 5.43 Å². The molecule has 0 atom stereocenters. The third-order valence-corrected chi connectivity index (χ3v) is 2.38. The Morgan fingerprint density at radius 1 is 1.47 bits per heavy atom. The number of benzene rings is 1. The number of amides is 1. The third kappa shape index (κ3) is 3.81. The van der Waals surface area contributed by atoms with E-state index < -0.39 is 0 Å². The number of nitrogens with one attached hydrogen (secondary N) is 1. The summed E-state index contributed by atoms with van der Waals surface area (Å²) in [4.78, 5) is 11.1. The molecule has 4 nitrogen and oxygen atoms in total. The van der Waals surface area contributed by atoms with E-state index in [9.17, 15) is 4.79 Å². The van der Waals surface area contributed by atoms with Crippen LogP contribution in [0.4, 0.5) is 0 Å². The van der Waals surface area contributed by atoms with Gasteiger partial charge < -0.3 is 4.74 Å². The lowest BCUT2D eigenvalue weighted by atomic mass is 10.2. The maximum absolute atomic E-state index is 11.1. The van der Waals surface area contributed by atoms with E-state index in [4.69, 9.17) is 10.6 Å². The molecule has 0 spiro atoms. The fraction of sp³-hybridized carbons (Fsp3) is 0.300. The Morgan fingerprint density at radius 3 is 2.67 bits per heavy atom. The van der Waals surface area contributed by atoms with Crippen LogP contribution in [0.1, 0.15) is 10.4 Å². The zero-order valence-electron chi connectivity index (χ0n) is 8.53. The van der Waals surface area contributed by atoms with Crippen molar-refractivity contribution in [1.29, 1.82) is 0 Å². The zero-order valence-corrected chi connectivity index (χ0v) is 9.34. The molecule has 0 saturated carbocycles. The van der Waals surface area contributed by atoms with Crippen molar-refractivity contribution < 1.29 is 9.53 Å². The average molecular weight is 226 g/mol. The molecule has 5 heteroatoms. The predicted molar refractivity (Wildman–Crippen MR) is 62.0 cm³/mol. The highest BCUT2D eigenvalue weighted by molar-refractivity contribution is 7.98. The molecule has 1 aromatic carbocycles. The van der Waals surface area contributed by atoms with Gasteiger partial charge in [0, 0.05) is 11.3 Å². The summed E-state index contributed by atoms with van der Waals surface area (Å²) in [5, 5.41) is 0. The third-order valence-electron chi connectivity index (χ3n) is 1.80. The summed E-state index contributed by atoms with van der Waals surface area (Å²) < 4.78 is 5.43. The molecule has 0 fully saturated rings. The van der Waals surface area contributed by atoms with E-state index in [1.807, 2.05) is 6.26 Å². The first-order valence-electron chi connectivity index (χ1n) is 4.50. The number of hydrogen-bond acceptors (Lipinski definition) is 4. The van der Waals surface area contributed by atoms with Crippen LogP contribution < -0.4 is 16.0 Å². The smallest absolute Gasteiger partial charge is 0.265 e. The Kier molecular flexibility index (Phi) is 5.00. The maximum atomic E-state index is 11.1. The highest BCUT2D eigenvalue weighted by Crippen LogP contribution is 2.12. The molecule has 0 bridgehead atoms. The molecule has 0 aliphatic carbocycles. The summed E-state index contributed by atoms with van der Waals surface area (Å²) in [7, 11) is 0. The fourth-order valence-corrected chi connectivity index (χ4v) is 1.28. The minimum absolute atomic E-state index is 0.300. The molecule has 0 radical (unpaired) electrons. The second kappa shape index (κ2) is 6.31. The van der Waals surface area contributed by atoms with E-state index in [0.29, 0.717) is 12.2 Å². The summed E-state index contributed by atoms with van der Waals surface area (Å²) in [5.41, 5.74) is 2.59. The van der Waals surface area contributed by atoms with Crippen LogP contribution in [0, 0.1) is 0 Å². The van der Waals surface area contributed by atoms with E-state index in [2.05, 4.69) is 5.43 Å². The second-order valence-corrected chi connectivity index (χ2v) is 3.82. The predicted octanol–water partition coefficient (Wildman–Crippen LogP) is 1.03.